The molecule has 51 heavy (non-hydrogen) atoms. The zero-order valence-electron chi connectivity index (χ0n) is 32.8. The molecule has 8 heteroatoms. The van der Waals surface area contributed by atoms with Crippen molar-refractivity contribution in [1.29, 1.82) is 0 Å². The van der Waals surface area contributed by atoms with E-state index in [0.29, 0.717) is 24.3 Å². The lowest BCUT2D eigenvalue weighted by atomic mass is 9.63. The zero-order valence-corrected chi connectivity index (χ0v) is 34.5. The normalized spacial score (nSPS) is 12.9. The van der Waals surface area contributed by atoms with Crippen molar-refractivity contribution in [1.82, 2.24) is 10.6 Å². The fourth-order valence-electron chi connectivity index (χ4n) is 8.81. The van der Waals surface area contributed by atoms with Gasteiger partial charge in [0.2, 0.25) is 0 Å². The number of hydrogen-bond acceptors (Lipinski definition) is 8. The van der Waals surface area contributed by atoms with Crippen LogP contribution in [0.4, 0.5) is 0 Å². The summed E-state index contributed by atoms with van der Waals surface area (Å²) in [5, 5.41) is 13.3. The van der Waals surface area contributed by atoms with Crippen LogP contribution in [0.25, 0.3) is 20.2 Å². The van der Waals surface area contributed by atoms with Crippen LogP contribution in [0.3, 0.4) is 0 Å². The largest absolute Gasteiger partial charge is 0.426 e. The topological polar surface area (TPSA) is 76.7 Å². The number of carbonyl (C=O) groups is 2. The Morgan fingerprint density at radius 3 is 1.33 bits per heavy atom. The van der Waals surface area contributed by atoms with Crippen molar-refractivity contribution in [3.05, 3.63) is 58.3 Å². The molecule has 0 bridgehead atoms. The van der Waals surface area contributed by atoms with Crippen molar-refractivity contribution >= 4 is 54.8 Å². The molecular formula is C43H62N2O4S2. The van der Waals surface area contributed by atoms with Crippen LogP contribution >= 0.6 is 22.7 Å². The molecule has 0 saturated heterocycles. The Labute approximate surface area is 315 Å². The van der Waals surface area contributed by atoms with Crippen LogP contribution < -0.4 is 20.1 Å². The van der Waals surface area contributed by atoms with E-state index >= 15 is 0 Å². The van der Waals surface area contributed by atoms with E-state index in [-0.39, 0.29) is 33.6 Å². The third-order valence-electron chi connectivity index (χ3n) is 9.48. The van der Waals surface area contributed by atoms with Gasteiger partial charge in [-0.05, 0) is 126 Å². The standard InChI is InChI=1S/C43H62N2O4S2/c1-11-44-21-19-30-25-50-34-17-13-15-32(38(30)34)48-36(46)23-40(3,4)27-42(7,8)29-43(9,10)28-41(5,6)24-37(47)49-33-16-14-18-35-39(33)31(26-51-35)20-22-45-12-2/h13-18,25-26,44-45H,11-12,19-24,27-29H2,1-10H3. The number of benzene rings is 2. The molecule has 4 aromatic rings. The molecule has 0 aliphatic heterocycles. The van der Waals surface area contributed by atoms with Crippen molar-refractivity contribution < 1.29 is 19.1 Å². The molecule has 4 rings (SSSR count). The highest BCUT2D eigenvalue weighted by atomic mass is 32.1. The van der Waals surface area contributed by atoms with Gasteiger partial charge in [-0.3, -0.25) is 9.59 Å². The highest BCUT2D eigenvalue weighted by molar-refractivity contribution is 7.17. The third kappa shape index (κ3) is 12.1. The number of nitrogens with one attached hydrogen (secondary N) is 2. The number of carbonyl (C=O) groups excluding carboxylic acids is 2. The van der Waals surface area contributed by atoms with Gasteiger partial charge in [0.1, 0.15) is 11.5 Å². The monoisotopic (exact) mass is 734 g/mol. The van der Waals surface area contributed by atoms with Crippen LogP contribution in [0.15, 0.2) is 47.2 Å². The Hall–Kier alpha value is -2.78. The number of thiophene rings is 2. The summed E-state index contributed by atoms with van der Waals surface area (Å²) < 4.78 is 14.5. The fourth-order valence-corrected chi connectivity index (χ4v) is 10.8. The second-order valence-electron chi connectivity index (χ2n) is 17.5. The molecule has 0 radical (unpaired) electrons. The van der Waals surface area contributed by atoms with Crippen LogP contribution in [0.2, 0.25) is 0 Å². The van der Waals surface area contributed by atoms with Gasteiger partial charge in [-0.25, -0.2) is 0 Å². The number of ether oxygens (including phenoxy) is 2. The van der Waals surface area contributed by atoms with Crippen molar-refractivity contribution in [3.63, 3.8) is 0 Å². The Morgan fingerprint density at radius 1 is 0.588 bits per heavy atom. The quantitative estimate of drug-likeness (QED) is 0.0535. The Morgan fingerprint density at radius 2 is 0.961 bits per heavy atom. The van der Waals surface area contributed by atoms with E-state index in [0.717, 1.165) is 78.5 Å². The summed E-state index contributed by atoms with van der Waals surface area (Å²) in [7, 11) is 0. The summed E-state index contributed by atoms with van der Waals surface area (Å²) in [6, 6.07) is 12.0. The van der Waals surface area contributed by atoms with Gasteiger partial charge < -0.3 is 20.1 Å². The second kappa shape index (κ2) is 17.4. The molecule has 2 heterocycles. The maximum atomic E-state index is 13.4. The maximum absolute atomic E-state index is 13.4. The highest BCUT2D eigenvalue weighted by Gasteiger charge is 2.38. The van der Waals surface area contributed by atoms with Crippen molar-refractivity contribution in [3.8, 4) is 11.5 Å². The summed E-state index contributed by atoms with van der Waals surface area (Å²) in [5.41, 5.74) is 1.88. The van der Waals surface area contributed by atoms with E-state index in [4.69, 9.17) is 9.47 Å². The van der Waals surface area contributed by atoms with Crippen LogP contribution in [0.5, 0.6) is 11.5 Å². The summed E-state index contributed by atoms with van der Waals surface area (Å²) in [6.45, 7) is 25.8. The summed E-state index contributed by atoms with van der Waals surface area (Å²) in [4.78, 5) is 26.8. The van der Waals surface area contributed by atoms with Gasteiger partial charge in [-0.15, -0.1) is 22.7 Å². The first-order valence-electron chi connectivity index (χ1n) is 18.7. The maximum Gasteiger partial charge on any atom is 0.311 e. The first kappa shape index (κ1) is 41.0. The van der Waals surface area contributed by atoms with Crippen LogP contribution in [0, 0.1) is 21.7 Å². The van der Waals surface area contributed by atoms with Gasteiger partial charge >= 0.3 is 11.9 Å². The number of likely N-dealkylation sites (N-methyl/N-ethyl adjacent to an activating group) is 2. The Balaban J connectivity index is 1.34. The van der Waals surface area contributed by atoms with E-state index in [1.165, 1.54) is 11.1 Å². The van der Waals surface area contributed by atoms with Gasteiger partial charge in [0.15, 0.2) is 0 Å². The zero-order chi connectivity index (χ0) is 37.5. The molecule has 0 atom stereocenters. The van der Waals surface area contributed by atoms with Gasteiger partial charge in [0, 0.05) is 20.2 Å². The minimum atomic E-state index is -0.249. The summed E-state index contributed by atoms with van der Waals surface area (Å²) in [5.74, 6) is 0.959. The van der Waals surface area contributed by atoms with Gasteiger partial charge in [-0.2, -0.15) is 0 Å². The smallest absolute Gasteiger partial charge is 0.311 e. The molecule has 0 aliphatic rings. The van der Waals surface area contributed by atoms with Crippen molar-refractivity contribution in [2.75, 3.05) is 26.2 Å². The molecule has 0 spiro atoms. The molecule has 2 aromatic carbocycles. The predicted molar refractivity (Wildman–Crippen MR) is 218 cm³/mol. The highest BCUT2D eigenvalue weighted by Crippen LogP contribution is 2.48. The number of hydrogen-bond donors (Lipinski definition) is 2. The fraction of sp³-hybridized carbons (Fsp3) is 0.581. The van der Waals surface area contributed by atoms with Crippen LogP contribution in [0.1, 0.15) is 112 Å². The molecule has 0 amide bonds. The molecule has 2 N–H and O–H groups in total. The Bertz CT molecular complexity index is 1640. The molecule has 280 valence electrons. The molecule has 0 aliphatic carbocycles. The molecule has 0 fully saturated rings. The first-order chi connectivity index (χ1) is 23.9. The van der Waals surface area contributed by atoms with E-state index in [9.17, 15) is 9.59 Å². The first-order valence-corrected chi connectivity index (χ1v) is 20.5. The average molecular weight is 735 g/mol. The van der Waals surface area contributed by atoms with Crippen LogP contribution in [-0.2, 0) is 22.4 Å². The minimum absolute atomic E-state index is 0.0334. The number of rotatable bonds is 20. The SMILES string of the molecule is CCNCCc1csc2cccc(OC(=O)CC(C)(C)CC(C)(C)CC(C)(C)CC(C)(C)CC(=O)Oc3cccc4scc(CCNCC)c34)c12. The van der Waals surface area contributed by atoms with Gasteiger partial charge in [0.05, 0.1) is 12.8 Å². The third-order valence-corrected chi connectivity index (χ3v) is 11.5. The lowest BCUT2D eigenvalue weighted by molar-refractivity contribution is -0.137. The molecule has 0 unspecified atom stereocenters. The Kier molecular flexibility index (Phi) is 14.0. The number of fused-ring (bicyclic) bond motifs is 2. The molecule has 0 saturated carbocycles. The lowest BCUT2D eigenvalue weighted by Gasteiger charge is -2.42. The molecule has 2 aromatic heterocycles. The van der Waals surface area contributed by atoms with E-state index in [1.807, 2.05) is 24.3 Å². The van der Waals surface area contributed by atoms with Gasteiger partial charge in [0.25, 0.3) is 0 Å². The number of esters is 2. The second-order valence-corrected chi connectivity index (χ2v) is 19.3. The summed E-state index contributed by atoms with van der Waals surface area (Å²) >= 11 is 3.41. The average Bonchev–Trinajstić information content (AvgIpc) is 3.60. The van der Waals surface area contributed by atoms with Crippen LogP contribution in [-0.4, -0.2) is 38.1 Å². The molecular weight excluding hydrogens is 673 g/mol. The minimum Gasteiger partial charge on any atom is -0.426 e. The molecule has 6 nitrogen and oxygen atoms in total. The van der Waals surface area contributed by atoms with Crippen molar-refractivity contribution in [2.45, 2.75) is 114 Å². The van der Waals surface area contributed by atoms with Crippen molar-refractivity contribution in [2.24, 2.45) is 21.7 Å². The van der Waals surface area contributed by atoms with E-state index in [2.05, 4.69) is 103 Å². The van der Waals surface area contributed by atoms with E-state index < -0.39 is 0 Å². The lowest BCUT2D eigenvalue weighted by Crippen LogP contribution is -2.33. The van der Waals surface area contributed by atoms with E-state index in [1.54, 1.807) is 22.7 Å². The summed E-state index contributed by atoms with van der Waals surface area (Å²) in [6.07, 6.45) is 5.20. The predicted octanol–water partition coefficient (Wildman–Crippen LogP) is 11.0. The van der Waals surface area contributed by atoms with Gasteiger partial charge in [-0.1, -0.05) is 81.4 Å².